The van der Waals surface area contributed by atoms with Crippen molar-refractivity contribution in [2.45, 2.75) is 0 Å². The van der Waals surface area contributed by atoms with E-state index in [0.29, 0.717) is 5.71 Å². The second kappa shape index (κ2) is 6.71. The predicted molar refractivity (Wildman–Crippen MR) is 158 cm³/mol. The molecule has 0 N–H and O–H groups in total. The fourth-order valence-corrected chi connectivity index (χ4v) is 6.70. The molecule has 9 aromatic rings. The van der Waals surface area contributed by atoms with Gasteiger partial charge in [0.15, 0.2) is 5.82 Å². The molecule has 0 atom stereocenters. The van der Waals surface area contributed by atoms with Gasteiger partial charge in [0, 0.05) is 32.5 Å². The fourth-order valence-electron chi connectivity index (χ4n) is 6.70. The number of benzene rings is 5. The molecular weight excluding hydrogens is 480 g/mol. The first-order valence-corrected chi connectivity index (χ1v) is 13.1. The Morgan fingerprint density at radius 1 is 0.513 bits per heavy atom. The molecule has 0 spiro atoms. The molecule has 5 nitrogen and oxygen atoms in total. The van der Waals surface area contributed by atoms with Gasteiger partial charge in [0.25, 0.3) is 0 Å². The van der Waals surface area contributed by atoms with Crippen LogP contribution in [0.2, 0.25) is 0 Å². The largest absolute Gasteiger partial charge is 0.436 e. The Hall–Kier alpha value is -5.42. The van der Waals surface area contributed by atoms with Crippen LogP contribution in [0.15, 0.2) is 114 Å². The zero-order valence-corrected chi connectivity index (χ0v) is 20.6. The quantitative estimate of drug-likeness (QED) is 0.239. The highest BCUT2D eigenvalue weighted by atomic mass is 16.3. The van der Waals surface area contributed by atoms with Crippen molar-refractivity contribution in [2.24, 2.45) is 0 Å². The van der Waals surface area contributed by atoms with Gasteiger partial charge in [-0.3, -0.25) is 4.90 Å². The standard InChI is InChI=1S/C34H18N4O/c1-2-9-19(10-3-1)28-33(36-34-29(35-28)24-11-4-5-18-27(24)39-34)37-25-16-7-14-22-20-12-6-13-21-23-15-8-17-26(37)32(23)38(30(20)21)31(22)25/h1-18H. The monoisotopic (exact) mass is 498 g/mol. The van der Waals surface area contributed by atoms with Crippen LogP contribution in [0.1, 0.15) is 0 Å². The van der Waals surface area contributed by atoms with E-state index in [1.807, 2.05) is 30.3 Å². The van der Waals surface area contributed by atoms with E-state index in [0.717, 1.165) is 44.9 Å². The first-order valence-electron chi connectivity index (χ1n) is 13.1. The maximum Gasteiger partial charge on any atom is 0.248 e. The van der Waals surface area contributed by atoms with Crippen molar-refractivity contribution >= 4 is 77.5 Å². The molecule has 180 valence electrons. The molecule has 0 unspecified atom stereocenters. The SMILES string of the molecule is c1ccc(-c2nc3c(nc2N2c4cccc5c6cccc7c8cccc2c8n(c45)c67)oc2ccccc23)cc1. The molecule has 39 heavy (non-hydrogen) atoms. The Morgan fingerprint density at radius 2 is 1.10 bits per heavy atom. The van der Waals surface area contributed by atoms with Crippen molar-refractivity contribution < 1.29 is 4.42 Å². The third-order valence-corrected chi connectivity index (χ3v) is 8.25. The highest BCUT2D eigenvalue weighted by Gasteiger charge is 2.32. The summed E-state index contributed by atoms with van der Waals surface area (Å²) in [6, 6.07) is 38.1. The molecule has 1 aliphatic rings. The van der Waals surface area contributed by atoms with Gasteiger partial charge in [-0.2, -0.15) is 4.98 Å². The van der Waals surface area contributed by atoms with Crippen LogP contribution in [0.3, 0.4) is 0 Å². The minimum atomic E-state index is 0.539. The van der Waals surface area contributed by atoms with Gasteiger partial charge < -0.3 is 8.82 Å². The fraction of sp³-hybridized carbons (Fsp3) is 0. The van der Waals surface area contributed by atoms with E-state index in [1.54, 1.807) is 0 Å². The molecule has 0 radical (unpaired) electrons. The molecular formula is C34H18N4O. The average molecular weight is 499 g/mol. The van der Waals surface area contributed by atoms with Gasteiger partial charge in [-0.05, 0) is 24.3 Å². The summed E-state index contributed by atoms with van der Waals surface area (Å²) in [6.45, 7) is 0. The highest BCUT2D eigenvalue weighted by Crippen LogP contribution is 2.52. The topological polar surface area (TPSA) is 46.6 Å². The zero-order valence-electron chi connectivity index (χ0n) is 20.6. The lowest BCUT2D eigenvalue weighted by atomic mass is 10.0. The van der Waals surface area contributed by atoms with Crippen LogP contribution in [0.25, 0.3) is 71.6 Å². The van der Waals surface area contributed by atoms with Crippen LogP contribution in [0.5, 0.6) is 0 Å². The van der Waals surface area contributed by atoms with Crippen LogP contribution in [0.4, 0.5) is 17.2 Å². The third kappa shape index (κ3) is 2.28. The van der Waals surface area contributed by atoms with Gasteiger partial charge >= 0.3 is 0 Å². The lowest BCUT2D eigenvalue weighted by Gasteiger charge is -2.30. The van der Waals surface area contributed by atoms with Crippen molar-refractivity contribution in [2.75, 3.05) is 4.90 Å². The Bertz CT molecular complexity index is 2360. The normalized spacial score (nSPS) is 13.1. The summed E-state index contributed by atoms with van der Waals surface area (Å²) in [6.07, 6.45) is 0. The maximum absolute atomic E-state index is 6.26. The van der Waals surface area contributed by atoms with Crippen LogP contribution in [-0.4, -0.2) is 14.4 Å². The summed E-state index contributed by atoms with van der Waals surface area (Å²) in [5.74, 6) is 0.759. The lowest BCUT2D eigenvalue weighted by Crippen LogP contribution is -2.17. The molecule has 1 aliphatic heterocycles. The third-order valence-electron chi connectivity index (χ3n) is 8.25. The molecule has 0 bridgehead atoms. The lowest BCUT2D eigenvalue weighted by molar-refractivity contribution is 0.653. The molecule has 0 aliphatic carbocycles. The van der Waals surface area contributed by atoms with E-state index >= 15 is 0 Å². The van der Waals surface area contributed by atoms with E-state index in [1.165, 1.54) is 38.1 Å². The average Bonchev–Trinajstić information content (AvgIpc) is 3.65. The summed E-state index contributed by atoms with van der Waals surface area (Å²) in [5, 5.41) is 6.00. The summed E-state index contributed by atoms with van der Waals surface area (Å²) in [5.41, 5.74) is 9.79. The number of fused-ring (bicyclic) bond motifs is 5. The number of nitrogens with zero attached hydrogens (tertiary/aromatic N) is 4. The summed E-state index contributed by atoms with van der Waals surface area (Å²) in [4.78, 5) is 12.8. The van der Waals surface area contributed by atoms with Crippen LogP contribution in [-0.2, 0) is 0 Å². The van der Waals surface area contributed by atoms with E-state index in [2.05, 4.69) is 88.2 Å². The second-order valence-electron chi connectivity index (χ2n) is 10.2. The van der Waals surface area contributed by atoms with E-state index < -0.39 is 0 Å². The molecule has 4 aromatic heterocycles. The summed E-state index contributed by atoms with van der Waals surface area (Å²) in [7, 11) is 0. The molecule has 0 saturated heterocycles. The Kier molecular flexibility index (Phi) is 3.38. The van der Waals surface area contributed by atoms with E-state index in [-0.39, 0.29) is 0 Å². The van der Waals surface area contributed by atoms with Gasteiger partial charge in [-0.1, -0.05) is 84.9 Å². The first kappa shape index (κ1) is 19.7. The number of rotatable bonds is 2. The minimum Gasteiger partial charge on any atom is -0.436 e. The smallest absolute Gasteiger partial charge is 0.248 e. The van der Waals surface area contributed by atoms with E-state index in [9.17, 15) is 0 Å². The number of hydrogen-bond donors (Lipinski definition) is 0. The number of hydrogen-bond acceptors (Lipinski definition) is 4. The zero-order chi connectivity index (χ0) is 25.2. The minimum absolute atomic E-state index is 0.539. The number of para-hydroxylation sites is 4. The van der Waals surface area contributed by atoms with Crippen LogP contribution < -0.4 is 4.90 Å². The van der Waals surface area contributed by atoms with Crippen molar-refractivity contribution in [3.8, 4) is 11.3 Å². The molecule has 0 fully saturated rings. The Morgan fingerprint density at radius 3 is 1.82 bits per heavy atom. The van der Waals surface area contributed by atoms with Crippen molar-refractivity contribution in [3.05, 3.63) is 109 Å². The molecule has 10 rings (SSSR count). The molecule has 0 amide bonds. The number of aromatic nitrogens is 3. The number of furan rings is 1. The molecule has 0 saturated carbocycles. The maximum atomic E-state index is 6.26. The summed E-state index contributed by atoms with van der Waals surface area (Å²) < 4.78 is 8.71. The number of anilines is 3. The summed E-state index contributed by atoms with van der Waals surface area (Å²) >= 11 is 0. The van der Waals surface area contributed by atoms with Crippen LogP contribution >= 0.6 is 0 Å². The van der Waals surface area contributed by atoms with Crippen LogP contribution in [0, 0.1) is 0 Å². The van der Waals surface area contributed by atoms with Crippen molar-refractivity contribution in [1.29, 1.82) is 0 Å². The van der Waals surface area contributed by atoms with Crippen molar-refractivity contribution in [1.82, 2.24) is 14.4 Å². The first-order chi connectivity index (χ1) is 19.4. The van der Waals surface area contributed by atoms with E-state index in [4.69, 9.17) is 14.4 Å². The molecule has 5 heteroatoms. The van der Waals surface area contributed by atoms with Gasteiger partial charge in [-0.25, -0.2) is 4.98 Å². The molecule has 5 aromatic carbocycles. The van der Waals surface area contributed by atoms with Gasteiger partial charge in [-0.15, -0.1) is 0 Å². The van der Waals surface area contributed by atoms with Gasteiger partial charge in [0.2, 0.25) is 5.71 Å². The van der Waals surface area contributed by atoms with Gasteiger partial charge in [0.1, 0.15) is 16.8 Å². The predicted octanol–water partition coefficient (Wildman–Crippen LogP) is 8.98. The molecule has 5 heterocycles. The van der Waals surface area contributed by atoms with Crippen molar-refractivity contribution in [3.63, 3.8) is 0 Å². The Balaban J connectivity index is 1.40. The van der Waals surface area contributed by atoms with Gasteiger partial charge in [0.05, 0.1) is 27.9 Å². The highest BCUT2D eigenvalue weighted by molar-refractivity contribution is 6.29. The Labute approximate surface area is 221 Å². The second-order valence-corrected chi connectivity index (χ2v) is 10.2.